The van der Waals surface area contributed by atoms with E-state index in [9.17, 15) is 15.8 Å². The molecule has 0 unspecified atom stereocenters. The molecule has 0 N–H and O–H groups in total. The molecule has 0 saturated heterocycles. The van der Waals surface area contributed by atoms with E-state index in [0.717, 1.165) is 38.6 Å². The van der Waals surface area contributed by atoms with Crippen molar-refractivity contribution in [3.05, 3.63) is 187 Å². The normalized spacial score (nSPS) is 11.1. The summed E-state index contributed by atoms with van der Waals surface area (Å²) in [6.07, 6.45) is 0. The summed E-state index contributed by atoms with van der Waals surface area (Å²) < 4.78 is 2.13. The van der Waals surface area contributed by atoms with E-state index in [0.29, 0.717) is 16.7 Å². The second-order valence-electron chi connectivity index (χ2n) is 12.3. The molecule has 0 bridgehead atoms. The number of fused-ring (bicyclic) bond motifs is 3. The van der Waals surface area contributed by atoms with Gasteiger partial charge in [-0.15, -0.1) is 0 Å². The summed E-state index contributed by atoms with van der Waals surface area (Å²) in [5.74, 6) is 0. The molecule has 0 aliphatic heterocycles. The predicted molar refractivity (Wildman–Crippen MR) is 204 cm³/mol. The van der Waals surface area contributed by atoms with Crippen molar-refractivity contribution in [2.75, 3.05) is 0 Å². The number of nitriles is 3. The van der Waals surface area contributed by atoms with E-state index in [-0.39, 0.29) is 0 Å². The van der Waals surface area contributed by atoms with Gasteiger partial charge < -0.3 is 4.57 Å². The molecule has 0 fully saturated rings. The van der Waals surface area contributed by atoms with Crippen LogP contribution in [0.3, 0.4) is 0 Å². The van der Waals surface area contributed by atoms with Gasteiger partial charge in [0.15, 0.2) is 8.07 Å². The lowest BCUT2D eigenvalue weighted by molar-refractivity contribution is 1.17. The first-order valence-corrected chi connectivity index (χ1v) is 18.4. The van der Waals surface area contributed by atoms with Gasteiger partial charge in [0.2, 0.25) is 0 Å². The molecular formula is C45H28N4Si. The van der Waals surface area contributed by atoms with E-state index in [2.05, 4.69) is 144 Å². The average molecular weight is 653 g/mol. The average Bonchev–Trinajstić information content (AvgIpc) is 3.52. The second kappa shape index (κ2) is 12.6. The minimum atomic E-state index is -2.86. The van der Waals surface area contributed by atoms with Gasteiger partial charge in [0.1, 0.15) is 0 Å². The topological polar surface area (TPSA) is 76.3 Å². The van der Waals surface area contributed by atoms with Crippen LogP contribution in [0.25, 0.3) is 38.6 Å². The molecule has 4 nitrogen and oxygen atoms in total. The highest BCUT2D eigenvalue weighted by Gasteiger charge is 2.41. The van der Waals surface area contributed by atoms with Crippen molar-refractivity contribution >= 4 is 50.6 Å². The van der Waals surface area contributed by atoms with Gasteiger partial charge in [-0.3, -0.25) is 0 Å². The molecule has 8 aromatic rings. The molecule has 5 heteroatoms. The third-order valence-electron chi connectivity index (χ3n) is 9.61. The maximum Gasteiger partial charge on any atom is 0.179 e. The third kappa shape index (κ3) is 4.80. The maximum absolute atomic E-state index is 10.7. The molecule has 50 heavy (non-hydrogen) atoms. The van der Waals surface area contributed by atoms with Crippen LogP contribution in [0.1, 0.15) is 16.7 Å². The number of nitrogens with zero attached hydrogens (tertiary/aromatic N) is 4. The zero-order chi connectivity index (χ0) is 34.1. The highest BCUT2D eigenvalue weighted by atomic mass is 28.3. The Hall–Kier alpha value is -6.97. The molecule has 7 aromatic carbocycles. The molecule has 0 aliphatic carbocycles. The number of para-hydroxylation sites is 1. The number of benzene rings is 7. The quantitative estimate of drug-likeness (QED) is 0.138. The SMILES string of the molecule is N#Cc1cc(C#N)c(-c2cccc([Si](c3ccccc3)(c3ccccc3)c3ccccc3)c2)c(-n2c3ccccc3c3cc(C#N)ccc32)c1. The van der Waals surface area contributed by atoms with Crippen molar-refractivity contribution in [3.8, 4) is 35.0 Å². The van der Waals surface area contributed by atoms with Crippen molar-refractivity contribution in [1.29, 1.82) is 15.8 Å². The van der Waals surface area contributed by atoms with Crippen LogP contribution in [0.15, 0.2) is 170 Å². The Morgan fingerprint density at radius 1 is 0.420 bits per heavy atom. The minimum Gasteiger partial charge on any atom is -0.309 e. The van der Waals surface area contributed by atoms with Crippen LogP contribution in [-0.4, -0.2) is 12.6 Å². The largest absolute Gasteiger partial charge is 0.309 e. The van der Waals surface area contributed by atoms with Crippen molar-refractivity contribution < 1.29 is 0 Å². The molecule has 232 valence electrons. The number of aromatic nitrogens is 1. The van der Waals surface area contributed by atoms with Crippen LogP contribution in [0, 0.1) is 34.0 Å². The van der Waals surface area contributed by atoms with E-state index in [1.165, 1.54) is 20.7 Å². The van der Waals surface area contributed by atoms with Gasteiger partial charge in [-0.1, -0.05) is 133 Å². The Morgan fingerprint density at radius 3 is 1.58 bits per heavy atom. The maximum atomic E-state index is 10.7. The molecule has 1 aromatic heterocycles. The molecule has 0 saturated carbocycles. The fourth-order valence-electron chi connectivity index (χ4n) is 7.53. The summed E-state index contributed by atoms with van der Waals surface area (Å²) in [5.41, 5.74) is 5.58. The van der Waals surface area contributed by atoms with Gasteiger partial charge >= 0.3 is 0 Å². The second-order valence-corrected chi connectivity index (χ2v) is 16.1. The van der Waals surface area contributed by atoms with E-state index in [1.54, 1.807) is 6.07 Å². The highest BCUT2D eigenvalue weighted by Crippen LogP contribution is 2.38. The Bertz CT molecular complexity index is 2580. The van der Waals surface area contributed by atoms with Gasteiger partial charge in [-0.2, -0.15) is 15.8 Å². The van der Waals surface area contributed by atoms with Crippen LogP contribution in [0.5, 0.6) is 0 Å². The summed E-state index contributed by atoms with van der Waals surface area (Å²) in [6, 6.07) is 65.2. The molecule has 0 amide bonds. The molecule has 0 radical (unpaired) electrons. The predicted octanol–water partition coefficient (Wildman–Crippen LogP) is 7.44. The smallest absolute Gasteiger partial charge is 0.179 e. The first-order valence-electron chi connectivity index (χ1n) is 16.4. The number of rotatable bonds is 6. The van der Waals surface area contributed by atoms with Crippen LogP contribution in [0.2, 0.25) is 0 Å². The Morgan fingerprint density at radius 2 is 0.980 bits per heavy atom. The standard InChI is InChI=1S/C45H28N4Si/c46-29-32-23-24-43-41(26-32)40-21-10-11-22-42(40)49(43)44-27-33(30-47)25-35(31-48)45(44)34-13-12-20-39(28-34)50(36-14-4-1-5-15-36,37-16-6-2-7-17-37)38-18-8-3-9-19-38/h1-28H. The molecular weight excluding hydrogens is 625 g/mol. The first-order chi connectivity index (χ1) is 24.7. The molecule has 1 heterocycles. The highest BCUT2D eigenvalue weighted by molar-refractivity contribution is 7.19. The first kappa shape index (κ1) is 30.4. The molecule has 0 atom stereocenters. The lowest BCUT2D eigenvalue weighted by Crippen LogP contribution is -2.74. The van der Waals surface area contributed by atoms with Crippen LogP contribution >= 0.6 is 0 Å². The van der Waals surface area contributed by atoms with E-state index < -0.39 is 8.07 Å². The van der Waals surface area contributed by atoms with Crippen LogP contribution in [-0.2, 0) is 0 Å². The van der Waals surface area contributed by atoms with Crippen molar-refractivity contribution in [2.24, 2.45) is 0 Å². The van der Waals surface area contributed by atoms with Gasteiger partial charge in [0.05, 0.1) is 51.6 Å². The summed E-state index contributed by atoms with van der Waals surface area (Å²) in [6.45, 7) is 0. The zero-order valence-electron chi connectivity index (χ0n) is 27.0. The van der Waals surface area contributed by atoms with Gasteiger partial charge in [-0.05, 0) is 62.7 Å². The van der Waals surface area contributed by atoms with Crippen LogP contribution in [0.4, 0.5) is 0 Å². The molecule has 8 rings (SSSR count). The van der Waals surface area contributed by atoms with E-state index in [4.69, 9.17) is 0 Å². The fraction of sp³-hybridized carbons (Fsp3) is 0. The lowest BCUT2D eigenvalue weighted by Gasteiger charge is -2.34. The monoisotopic (exact) mass is 652 g/mol. The van der Waals surface area contributed by atoms with Crippen molar-refractivity contribution in [2.45, 2.75) is 0 Å². The lowest BCUT2D eigenvalue weighted by atomic mass is 9.95. The Kier molecular flexibility index (Phi) is 7.63. The fourth-order valence-corrected chi connectivity index (χ4v) is 12.3. The minimum absolute atomic E-state index is 0.401. The van der Waals surface area contributed by atoms with Gasteiger partial charge in [0.25, 0.3) is 0 Å². The Balaban J connectivity index is 1.48. The summed E-state index contributed by atoms with van der Waals surface area (Å²) >= 11 is 0. The summed E-state index contributed by atoms with van der Waals surface area (Å²) in [5, 5.41) is 37.5. The van der Waals surface area contributed by atoms with Crippen LogP contribution < -0.4 is 20.7 Å². The van der Waals surface area contributed by atoms with Gasteiger partial charge in [-0.25, -0.2) is 0 Å². The number of hydrogen-bond donors (Lipinski definition) is 0. The third-order valence-corrected chi connectivity index (χ3v) is 14.4. The van der Waals surface area contributed by atoms with E-state index >= 15 is 0 Å². The Labute approximate surface area is 291 Å². The van der Waals surface area contributed by atoms with E-state index in [1.807, 2.05) is 42.5 Å². The summed E-state index contributed by atoms with van der Waals surface area (Å²) in [7, 11) is -2.86. The van der Waals surface area contributed by atoms with Crippen molar-refractivity contribution in [3.63, 3.8) is 0 Å². The van der Waals surface area contributed by atoms with Gasteiger partial charge in [0, 0.05) is 16.3 Å². The zero-order valence-corrected chi connectivity index (χ0v) is 28.0. The molecule has 0 aliphatic rings. The molecule has 0 spiro atoms. The number of hydrogen-bond acceptors (Lipinski definition) is 3. The van der Waals surface area contributed by atoms with Crippen molar-refractivity contribution in [1.82, 2.24) is 4.57 Å². The summed E-state index contributed by atoms with van der Waals surface area (Å²) in [4.78, 5) is 0.